The van der Waals surface area contributed by atoms with Crippen molar-refractivity contribution < 1.29 is 14.6 Å². The summed E-state index contributed by atoms with van der Waals surface area (Å²) >= 11 is 0. The maximum Gasteiger partial charge on any atom is 0.262 e. The SMILES string of the molecule is O=C1COc2ccc(CNCC3(CO)CCCC3)cc2N1. The van der Waals surface area contributed by atoms with Crippen molar-refractivity contribution in [1.29, 1.82) is 0 Å². The number of aliphatic hydroxyl groups excluding tert-OH is 1. The van der Waals surface area contributed by atoms with Crippen LogP contribution in [0.1, 0.15) is 31.2 Å². The van der Waals surface area contributed by atoms with E-state index in [1.165, 1.54) is 12.8 Å². The molecule has 2 aliphatic rings. The third-order valence-corrected chi connectivity index (χ3v) is 4.51. The molecule has 0 saturated heterocycles. The Morgan fingerprint density at radius 3 is 2.90 bits per heavy atom. The zero-order valence-electron chi connectivity index (χ0n) is 12.2. The number of hydrogen-bond acceptors (Lipinski definition) is 4. The van der Waals surface area contributed by atoms with Gasteiger partial charge < -0.3 is 20.5 Å². The Bertz CT molecular complexity index is 524. The van der Waals surface area contributed by atoms with Gasteiger partial charge >= 0.3 is 0 Å². The minimum absolute atomic E-state index is 0.0610. The number of aliphatic hydroxyl groups is 1. The van der Waals surface area contributed by atoms with E-state index in [-0.39, 0.29) is 24.5 Å². The summed E-state index contributed by atoms with van der Waals surface area (Å²) in [5.74, 6) is 0.610. The first kappa shape index (κ1) is 14.4. The van der Waals surface area contributed by atoms with Gasteiger partial charge in [-0.05, 0) is 30.5 Å². The minimum atomic E-state index is -0.113. The van der Waals surface area contributed by atoms with Gasteiger partial charge in [0.15, 0.2) is 6.61 Å². The summed E-state index contributed by atoms with van der Waals surface area (Å²) in [6.07, 6.45) is 4.63. The number of fused-ring (bicyclic) bond motifs is 1. The summed E-state index contributed by atoms with van der Waals surface area (Å²) in [6.45, 7) is 1.91. The summed E-state index contributed by atoms with van der Waals surface area (Å²) in [4.78, 5) is 11.3. The monoisotopic (exact) mass is 290 g/mol. The number of nitrogens with one attached hydrogen (secondary N) is 2. The molecular formula is C16H22N2O3. The number of anilines is 1. The van der Waals surface area contributed by atoms with Crippen molar-refractivity contribution in [2.75, 3.05) is 25.1 Å². The third-order valence-electron chi connectivity index (χ3n) is 4.51. The zero-order valence-corrected chi connectivity index (χ0v) is 12.2. The lowest BCUT2D eigenvalue weighted by Crippen LogP contribution is -2.34. The highest BCUT2D eigenvalue weighted by Crippen LogP contribution is 2.37. The lowest BCUT2D eigenvalue weighted by Gasteiger charge is -2.27. The predicted octanol–water partition coefficient (Wildman–Crippen LogP) is 1.66. The summed E-state index contributed by atoms with van der Waals surface area (Å²) in [5, 5.41) is 15.9. The summed E-state index contributed by atoms with van der Waals surface area (Å²) in [7, 11) is 0. The standard InChI is InChI=1S/C16H22N2O3/c19-11-16(5-1-2-6-16)10-17-8-12-3-4-14-13(7-12)18-15(20)9-21-14/h3-4,7,17,19H,1-2,5-6,8-11H2,(H,18,20). The van der Waals surface area contributed by atoms with Crippen LogP contribution in [0, 0.1) is 5.41 Å². The molecule has 3 rings (SSSR count). The highest BCUT2D eigenvalue weighted by molar-refractivity contribution is 5.95. The second-order valence-electron chi connectivity index (χ2n) is 6.14. The van der Waals surface area contributed by atoms with Crippen molar-refractivity contribution in [2.24, 2.45) is 5.41 Å². The fraction of sp³-hybridized carbons (Fsp3) is 0.562. The fourth-order valence-electron chi connectivity index (χ4n) is 3.23. The van der Waals surface area contributed by atoms with Crippen molar-refractivity contribution in [3.05, 3.63) is 23.8 Å². The molecule has 1 heterocycles. The molecule has 0 spiro atoms. The van der Waals surface area contributed by atoms with Gasteiger partial charge in [0.1, 0.15) is 5.75 Å². The van der Waals surface area contributed by atoms with Crippen LogP contribution in [-0.2, 0) is 11.3 Å². The largest absolute Gasteiger partial charge is 0.482 e. The molecule has 3 N–H and O–H groups in total. The van der Waals surface area contributed by atoms with Crippen LogP contribution in [0.5, 0.6) is 5.75 Å². The van der Waals surface area contributed by atoms with Crippen molar-refractivity contribution >= 4 is 11.6 Å². The highest BCUT2D eigenvalue weighted by Gasteiger charge is 2.32. The number of hydrogen-bond donors (Lipinski definition) is 3. The van der Waals surface area contributed by atoms with Crippen LogP contribution in [0.25, 0.3) is 0 Å². The topological polar surface area (TPSA) is 70.6 Å². The van der Waals surface area contributed by atoms with Gasteiger partial charge in [-0.2, -0.15) is 0 Å². The molecule has 1 aromatic rings. The Hall–Kier alpha value is -1.59. The number of amides is 1. The molecule has 0 atom stereocenters. The van der Waals surface area contributed by atoms with E-state index in [1.54, 1.807) is 0 Å². The smallest absolute Gasteiger partial charge is 0.262 e. The quantitative estimate of drug-likeness (QED) is 0.771. The highest BCUT2D eigenvalue weighted by atomic mass is 16.5. The van der Waals surface area contributed by atoms with Gasteiger partial charge in [-0.25, -0.2) is 0 Å². The normalized spacial score (nSPS) is 19.8. The molecule has 0 aromatic heterocycles. The molecule has 0 unspecified atom stereocenters. The van der Waals surface area contributed by atoms with Gasteiger partial charge in [-0.1, -0.05) is 18.9 Å². The van der Waals surface area contributed by atoms with Crippen molar-refractivity contribution in [3.63, 3.8) is 0 Å². The number of carbonyl (C=O) groups is 1. The van der Waals surface area contributed by atoms with Crippen LogP contribution in [0.3, 0.4) is 0 Å². The van der Waals surface area contributed by atoms with E-state index in [4.69, 9.17) is 4.74 Å². The van der Waals surface area contributed by atoms with Gasteiger partial charge in [-0.15, -0.1) is 0 Å². The lowest BCUT2D eigenvalue weighted by atomic mass is 9.87. The molecule has 1 amide bonds. The molecule has 1 fully saturated rings. The van der Waals surface area contributed by atoms with Crippen molar-refractivity contribution in [2.45, 2.75) is 32.2 Å². The first-order chi connectivity index (χ1) is 10.2. The number of benzene rings is 1. The van der Waals surface area contributed by atoms with Crippen LogP contribution in [0.15, 0.2) is 18.2 Å². The average Bonchev–Trinajstić information content (AvgIpc) is 2.96. The van der Waals surface area contributed by atoms with E-state index in [0.29, 0.717) is 0 Å². The van der Waals surface area contributed by atoms with E-state index >= 15 is 0 Å². The second kappa shape index (κ2) is 6.03. The van der Waals surface area contributed by atoms with Crippen molar-refractivity contribution in [1.82, 2.24) is 5.32 Å². The Kier molecular flexibility index (Phi) is 4.12. The number of carbonyl (C=O) groups excluding carboxylic acids is 1. The number of rotatable bonds is 5. The molecule has 5 heteroatoms. The average molecular weight is 290 g/mol. The maximum atomic E-state index is 11.3. The molecule has 0 radical (unpaired) electrons. The fourth-order valence-corrected chi connectivity index (χ4v) is 3.23. The molecule has 1 aromatic carbocycles. The Labute approximate surface area is 124 Å². The lowest BCUT2D eigenvalue weighted by molar-refractivity contribution is -0.118. The van der Waals surface area contributed by atoms with E-state index in [9.17, 15) is 9.90 Å². The molecule has 5 nitrogen and oxygen atoms in total. The second-order valence-corrected chi connectivity index (χ2v) is 6.14. The van der Waals surface area contributed by atoms with Gasteiger partial charge in [0.05, 0.1) is 5.69 Å². The van der Waals surface area contributed by atoms with Gasteiger partial charge in [0.25, 0.3) is 5.91 Å². The molecule has 1 saturated carbocycles. The Morgan fingerprint density at radius 1 is 1.33 bits per heavy atom. The predicted molar refractivity (Wildman–Crippen MR) is 80.3 cm³/mol. The molecule has 1 aliphatic carbocycles. The molecular weight excluding hydrogens is 268 g/mol. The molecule has 0 bridgehead atoms. The van der Waals surface area contributed by atoms with Crippen molar-refractivity contribution in [3.8, 4) is 5.75 Å². The van der Waals surface area contributed by atoms with Gasteiger partial charge in [0, 0.05) is 25.1 Å². The molecule has 21 heavy (non-hydrogen) atoms. The van der Waals surface area contributed by atoms with E-state index < -0.39 is 0 Å². The van der Waals surface area contributed by atoms with E-state index in [0.717, 1.165) is 42.9 Å². The molecule has 114 valence electrons. The first-order valence-corrected chi connectivity index (χ1v) is 7.58. The zero-order chi connectivity index (χ0) is 14.7. The summed E-state index contributed by atoms with van der Waals surface area (Å²) < 4.78 is 5.34. The van der Waals surface area contributed by atoms with E-state index in [2.05, 4.69) is 10.6 Å². The number of ether oxygens (including phenoxy) is 1. The third kappa shape index (κ3) is 3.19. The summed E-state index contributed by atoms with van der Waals surface area (Å²) in [6, 6.07) is 5.84. The first-order valence-electron chi connectivity index (χ1n) is 7.58. The van der Waals surface area contributed by atoms with Crippen LogP contribution >= 0.6 is 0 Å². The van der Waals surface area contributed by atoms with E-state index in [1.807, 2.05) is 18.2 Å². The van der Waals surface area contributed by atoms with Gasteiger partial charge in [-0.3, -0.25) is 4.79 Å². The van der Waals surface area contributed by atoms with Gasteiger partial charge in [0.2, 0.25) is 0 Å². The maximum absolute atomic E-state index is 11.3. The minimum Gasteiger partial charge on any atom is -0.482 e. The van der Waals surface area contributed by atoms with Crippen LogP contribution in [-0.4, -0.2) is 30.8 Å². The summed E-state index contributed by atoms with van der Waals surface area (Å²) in [5.41, 5.74) is 1.90. The Morgan fingerprint density at radius 2 is 2.14 bits per heavy atom. The van der Waals surface area contributed by atoms with Crippen LogP contribution < -0.4 is 15.4 Å². The Balaban J connectivity index is 1.58. The van der Waals surface area contributed by atoms with Crippen LogP contribution in [0.2, 0.25) is 0 Å². The van der Waals surface area contributed by atoms with Crippen LogP contribution in [0.4, 0.5) is 5.69 Å². The molecule has 1 aliphatic heterocycles.